The number of hydrogen-bond donors (Lipinski definition) is 1. The van der Waals surface area contributed by atoms with Crippen LogP contribution in [-0.4, -0.2) is 74.4 Å². The fourth-order valence-corrected chi connectivity index (χ4v) is 7.62. The van der Waals surface area contributed by atoms with Crippen molar-refractivity contribution in [2.24, 2.45) is 23.7 Å². The molecule has 6 rings (SSSR count). The number of nitrogens with zero attached hydrogens (tertiary/aromatic N) is 4. The molecular weight excluding hydrogens is 536 g/mol. The second kappa shape index (κ2) is 12.3. The Hall–Kier alpha value is -3.69. The van der Waals surface area contributed by atoms with Gasteiger partial charge in [-0.3, -0.25) is 14.5 Å². The largest absolute Gasteiger partial charge is 0.465 e. The first-order chi connectivity index (χ1) is 20.1. The molecule has 1 heterocycles. The van der Waals surface area contributed by atoms with Crippen LogP contribution < -0.4 is 0 Å². The molecule has 0 aliphatic heterocycles. The van der Waals surface area contributed by atoms with E-state index in [9.17, 15) is 24.3 Å². The molecule has 0 radical (unpaired) electrons. The number of urea groups is 1. The molecule has 4 aliphatic carbocycles. The van der Waals surface area contributed by atoms with Gasteiger partial charge in [0.15, 0.2) is 5.69 Å². The van der Waals surface area contributed by atoms with E-state index in [0.29, 0.717) is 41.9 Å². The number of aromatic nitrogens is 1. The first-order valence-electron chi connectivity index (χ1n) is 15.2. The first-order valence-corrected chi connectivity index (χ1v) is 15.2. The molecule has 4 fully saturated rings. The van der Waals surface area contributed by atoms with Crippen molar-refractivity contribution in [2.75, 3.05) is 20.1 Å². The van der Waals surface area contributed by atoms with Gasteiger partial charge in [0, 0.05) is 25.7 Å². The molecule has 0 atom stereocenters. The van der Waals surface area contributed by atoms with Gasteiger partial charge in [0.05, 0.1) is 0 Å². The molecule has 5 amide bonds. The second-order valence-electron chi connectivity index (χ2n) is 13.0. The molecule has 226 valence electrons. The van der Waals surface area contributed by atoms with Gasteiger partial charge in [0.25, 0.3) is 11.8 Å². The average molecular weight is 579 g/mol. The Morgan fingerprint density at radius 1 is 0.952 bits per heavy atom. The molecule has 10 nitrogen and oxygen atoms in total. The second-order valence-corrected chi connectivity index (χ2v) is 13.0. The monoisotopic (exact) mass is 578 g/mol. The molecule has 1 N–H and O–H groups in total. The van der Waals surface area contributed by atoms with Gasteiger partial charge in [-0.05, 0) is 87.0 Å². The quantitative estimate of drug-likeness (QED) is 0.370. The molecule has 1 aromatic carbocycles. The topological polar surface area (TPSA) is 124 Å². The lowest BCUT2D eigenvalue weighted by Gasteiger charge is -2.59. The third kappa shape index (κ3) is 6.22. The van der Waals surface area contributed by atoms with Crippen molar-refractivity contribution in [1.29, 1.82) is 0 Å². The van der Waals surface area contributed by atoms with E-state index in [1.165, 1.54) is 25.5 Å². The number of carbonyl (C=O) groups excluding carboxylic acids is 3. The summed E-state index contributed by atoms with van der Waals surface area (Å²) >= 11 is 0. The highest BCUT2D eigenvalue weighted by atomic mass is 16.4. The van der Waals surface area contributed by atoms with Crippen molar-refractivity contribution >= 4 is 23.9 Å². The van der Waals surface area contributed by atoms with E-state index in [1.54, 1.807) is 0 Å². The highest BCUT2D eigenvalue weighted by Gasteiger charge is 2.54. The van der Waals surface area contributed by atoms with Crippen LogP contribution in [0.25, 0.3) is 0 Å². The van der Waals surface area contributed by atoms with Crippen LogP contribution in [0.3, 0.4) is 0 Å². The van der Waals surface area contributed by atoms with Crippen molar-refractivity contribution in [3.05, 3.63) is 53.7 Å². The summed E-state index contributed by atoms with van der Waals surface area (Å²) in [4.78, 5) is 60.3. The summed E-state index contributed by atoms with van der Waals surface area (Å²) in [5.41, 5.74) is 0.861. The van der Waals surface area contributed by atoms with Crippen molar-refractivity contribution in [1.82, 2.24) is 19.7 Å². The van der Waals surface area contributed by atoms with E-state index in [0.717, 1.165) is 29.7 Å². The lowest BCUT2D eigenvalue weighted by Crippen LogP contribution is -2.60. The molecule has 42 heavy (non-hydrogen) atoms. The summed E-state index contributed by atoms with van der Waals surface area (Å²) in [6.45, 7) is 3.79. The molecule has 0 saturated heterocycles. The number of benzene rings is 1. The van der Waals surface area contributed by atoms with Crippen LogP contribution in [0, 0.1) is 23.7 Å². The van der Waals surface area contributed by atoms with Gasteiger partial charge < -0.3 is 14.4 Å². The molecule has 4 aliphatic rings. The van der Waals surface area contributed by atoms with E-state index in [1.807, 2.05) is 56.1 Å². The predicted molar refractivity (Wildman–Crippen MR) is 155 cm³/mol. The van der Waals surface area contributed by atoms with Crippen LogP contribution >= 0.6 is 0 Å². The molecule has 10 heteroatoms. The maximum atomic E-state index is 13.6. The van der Waals surface area contributed by atoms with Crippen LogP contribution in [0.4, 0.5) is 9.59 Å². The maximum Gasteiger partial charge on any atom is 0.415 e. The molecule has 1 aromatic heterocycles. The summed E-state index contributed by atoms with van der Waals surface area (Å²) in [5.74, 6) is 0.566. The molecule has 4 bridgehead atoms. The third-order valence-corrected chi connectivity index (χ3v) is 9.49. The smallest absolute Gasteiger partial charge is 0.415 e. The van der Waals surface area contributed by atoms with Crippen molar-refractivity contribution in [3.63, 3.8) is 0 Å². The SMILES string of the molecule is CC(C)CCN(C(=O)O)C(=O)N(CCCc1ccccc1)C(=O)c1nc(C(=O)N(C)C23CC4CC(CC(C4)C2)C3)co1. The zero-order chi connectivity index (χ0) is 30.0. The summed E-state index contributed by atoms with van der Waals surface area (Å²) in [6, 6.07) is 8.68. The Labute approximate surface area is 247 Å². The number of aryl methyl sites for hydroxylation is 1. The zero-order valence-electron chi connectivity index (χ0n) is 24.8. The molecular formula is C32H42N4O6. The number of amides is 5. The van der Waals surface area contributed by atoms with E-state index >= 15 is 0 Å². The highest BCUT2D eigenvalue weighted by Crippen LogP contribution is 2.57. The Morgan fingerprint density at radius 3 is 2.14 bits per heavy atom. The third-order valence-electron chi connectivity index (χ3n) is 9.49. The average Bonchev–Trinajstić information content (AvgIpc) is 3.44. The number of rotatable bonds is 10. The van der Waals surface area contributed by atoms with Gasteiger partial charge in [0.1, 0.15) is 6.26 Å². The minimum absolute atomic E-state index is 0.0168. The van der Waals surface area contributed by atoms with E-state index in [-0.39, 0.29) is 36.1 Å². The lowest BCUT2D eigenvalue weighted by atomic mass is 9.52. The van der Waals surface area contributed by atoms with Gasteiger partial charge >= 0.3 is 18.0 Å². The predicted octanol–water partition coefficient (Wildman–Crippen LogP) is 5.94. The fraction of sp³-hybridized carbons (Fsp3) is 0.594. The molecule has 4 saturated carbocycles. The van der Waals surface area contributed by atoms with Crippen LogP contribution in [0.1, 0.15) is 92.0 Å². The van der Waals surface area contributed by atoms with E-state index in [2.05, 4.69) is 4.98 Å². The molecule has 2 aromatic rings. The maximum absolute atomic E-state index is 13.6. The lowest BCUT2D eigenvalue weighted by molar-refractivity contribution is -0.0667. The Kier molecular flexibility index (Phi) is 8.70. The molecule has 0 unspecified atom stereocenters. The number of carbonyl (C=O) groups is 4. The number of oxazole rings is 1. The van der Waals surface area contributed by atoms with Gasteiger partial charge in [-0.1, -0.05) is 44.2 Å². The Balaban J connectivity index is 1.33. The molecule has 0 spiro atoms. The van der Waals surface area contributed by atoms with Crippen molar-refractivity contribution in [2.45, 2.75) is 77.2 Å². The highest BCUT2D eigenvalue weighted by molar-refractivity contribution is 6.05. The van der Waals surface area contributed by atoms with Crippen LogP contribution in [-0.2, 0) is 6.42 Å². The fourth-order valence-electron chi connectivity index (χ4n) is 7.62. The summed E-state index contributed by atoms with van der Waals surface area (Å²) < 4.78 is 5.48. The standard InChI is InChI=1S/C32H42N4O6/c1-21(2)11-13-36(31(40)41)30(39)35(12-7-10-22-8-5-4-6-9-22)29(38)27-33-26(20-42-27)28(37)34(3)32-17-23-14-24(18-32)16-25(15-23)19-32/h4-6,8-9,20-21,23-25H,7,10-19H2,1-3H3,(H,40,41). The van der Waals surface area contributed by atoms with Crippen LogP contribution in [0.15, 0.2) is 41.0 Å². The van der Waals surface area contributed by atoms with Gasteiger partial charge in [0.2, 0.25) is 0 Å². The van der Waals surface area contributed by atoms with E-state index in [4.69, 9.17) is 4.42 Å². The summed E-state index contributed by atoms with van der Waals surface area (Å²) in [7, 11) is 1.82. The number of carboxylic acid groups (broad SMARTS) is 1. The Morgan fingerprint density at radius 2 is 1.57 bits per heavy atom. The first kappa shape index (κ1) is 29.8. The van der Waals surface area contributed by atoms with Crippen molar-refractivity contribution < 1.29 is 28.7 Å². The van der Waals surface area contributed by atoms with Gasteiger partial charge in [-0.2, -0.15) is 4.98 Å². The van der Waals surface area contributed by atoms with Crippen LogP contribution in [0.5, 0.6) is 0 Å². The van der Waals surface area contributed by atoms with Gasteiger partial charge in [-0.15, -0.1) is 0 Å². The van der Waals surface area contributed by atoms with Crippen molar-refractivity contribution in [3.8, 4) is 0 Å². The minimum Gasteiger partial charge on any atom is -0.465 e. The normalized spacial score (nSPS) is 24.0. The minimum atomic E-state index is -1.43. The van der Waals surface area contributed by atoms with Crippen LogP contribution in [0.2, 0.25) is 0 Å². The summed E-state index contributed by atoms with van der Waals surface area (Å²) in [5, 5.41) is 9.79. The Bertz CT molecular complexity index is 1270. The van der Waals surface area contributed by atoms with Gasteiger partial charge in [-0.25, -0.2) is 14.5 Å². The van der Waals surface area contributed by atoms with E-state index < -0.39 is 23.9 Å². The zero-order valence-corrected chi connectivity index (χ0v) is 24.8. The number of imide groups is 2. The summed E-state index contributed by atoms with van der Waals surface area (Å²) in [6.07, 6.45) is 7.95. The number of hydrogen-bond acceptors (Lipinski definition) is 6.